The van der Waals surface area contributed by atoms with Crippen molar-refractivity contribution < 1.29 is 19.6 Å². The average molecular weight is 272 g/mol. The van der Waals surface area contributed by atoms with E-state index in [1.165, 1.54) is 0 Å². The lowest BCUT2D eigenvalue weighted by Crippen LogP contribution is -2.29. The van der Waals surface area contributed by atoms with Gasteiger partial charge in [-0.15, -0.1) is 0 Å². The summed E-state index contributed by atoms with van der Waals surface area (Å²) in [5, 5.41) is 0. The molecule has 0 saturated heterocycles. The van der Waals surface area contributed by atoms with Gasteiger partial charge in [-0.2, -0.15) is 0 Å². The first-order valence-corrected chi connectivity index (χ1v) is 6.55. The van der Waals surface area contributed by atoms with E-state index in [0.29, 0.717) is 0 Å². The molecule has 1 atom stereocenters. The maximum atomic E-state index is 5.32. The van der Waals surface area contributed by atoms with Gasteiger partial charge >= 0.3 is 0 Å². The molecule has 1 unspecified atom stereocenters. The van der Waals surface area contributed by atoms with Gasteiger partial charge in [0, 0.05) is 0 Å². The van der Waals surface area contributed by atoms with Gasteiger partial charge in [-0.25, -0.2) is 19.6 Å². The van der Waals surface area contributed by atoms with Gasteiger partial charge in [0.2, 0.25) is 0 Å². The Hall–Kier alpha value is -0.600. The fraction of sp³-hybridized carbons (Fsp3) is 0.867. The predicted molar refractivity (Wildman–Crippen MR) is 75.2 cm³/mol. The molecule has 0 saturated carbocycles. The minimum Gasteiger partial charge on any atom is -0.230 e. The van der Waals surface area contributed by atoms with Crippen LogP contribution in [0.4, 0.5) is 0 Å². The zero-order valence-electron chi connectivity index (χ0n) is 13.7. The molecule has 0 fully saturated rings. The molecular weight excluding hydrogens is 244 g/mol. The van der Waals surface area contributed by atoms with Crippen LogP contribution < -0.4 is 0 Å². The van der Waals surface area contributed by atoms with Crippen molar-refractivity contribution in [3.05, 3.63) is 0 Å². The Labute approximate surface area is 117 Å². The molecule has 0 aromatic heterocycles. The van der Waals surface area contributed by atoms with Crippen molar-refractivity contribution in [2.75, 3.05) is 0 Å². The summed E-state index contributed by atoms with van der Waals surface area (Å²) < 4.78 is 0. The van der Waals surface area contributed by atoms with Crippen LogP contribution in [0.5, 0.6) is 0 Å². The maximum absolute atomic E-state index is 5.32. The quantitative estimate of drug-likeness (QED) is 0.445. The molecule has 0 heterocycles. The minimum atomic E-state index is -0.702. The molecule has 4 nitrogen and oxygen atoms in total. The molecule has 19 heavy (non-hydrogen) atoms. The second-order valence-electron chi connectivity index (χ2n) is 6.99. The van der Waals surface area contributed by atoms with E-state index in [0.717, 1.165) is 0 Å². The molecular formula is C15H28O4. The molecule has 0 spiro atoms. The minimum absolute atomic E-state index is 0.336. The van der Waals surface area contributed by atoms with Crippen LogP contribution in [-0.4, -0.2) is 22.9 Å². The highest BCUT2D eigenvalue weighted by Crippen LogP contribution is 2.15. The second-order valence-corrected chi connectivity index (χ2v) is 6.99. The standard InChI is InChI=1S/C15H28O4/c1-12(16-17-13(2,3)4)10-11-15(8,9)19-18-14(5,6)7/h12H,1-9H3. The van der Waals surface area contributed by atoms with Gasteiger partial charge in [-0.1, -0.05) is 11.8 Å². The van der Waals surface area contributed by atoms with Crippen molar-refractivity contribution in [1.82, 2.24) is 0 Å². The summed E-state index contributed by atoms with van der Waals surface area (Å²) in [6, 6.07) is 0. The van der Waals surface area contributed by atoms with E-state index >= 15 is 0 Å². The lowest BCUT2D eigenvalue weighted by Gasteiger charge is -2.24. The summed E-state index contributed by atoms with van der Waals surface area (Å²) in [6.45, 7) is 17.0. The van der Waals surface area contributed by atoms with Crippen molar-refractivity contribution in [2.24, 2.45) is 0 Å². The van der Waals surface area contributed by atoms with E-state index in [4.69, 9.17) is 19.6 Å². The summed E-state index contributed by atoms with van der Waals surface area (Å²) in [6.07, 6.45) is -0.336. The zero-order chi connectivity index (χ0) is 15.3. The Morgan fingerprint density at radius 3 is 1.63 bits per heavy atom. The van der Waals surface area contributed by atoms with Crippen LogP contribution in [0, 0.1) is 11.8 Å². The normalized spacial score (nSPS) is 14.8. The maximum Gasteiger partial charge on any atom is 0.158 e. The van der Waals surface area contributed by atoms with Crippen LogP contribution in [0.1, 0.15) is 62.3 Å². The highest BCUT2D eigenvalue weighted by molar-refractivity contribution is 5.13. The number of hydrogen-bond donors (Lipinski definition) is 0. The van der Waals surface area contributed by atoms with E-state index in [2.05, 4.69) is 11.8 Å². The zero-order valence-corrected chi connectivity index (χ0v) is 13.7. The van der Waals surface area contributed by atoms with Gasteiger partial charge < -0.3 is 0 Å². The molecule has 0 aromatic carbocycles. The van der Waals surface area contributed by atoms with E-state index in [1.54, 1.807) is 0 Å². The van der Waals surface area contributed by atoms with Crippen molar-refractivity contribution >= 4 is 0 Å². The van der Waals surface area contributed by atoms with Gasteiger partial charge in [0.15, 0.2) is 11.7 Å². The third kappa shape index (κ3) is 12.2. The monoisotopic (exact) mass is 272 g/mol. The second kappa shape index (κ2) is 6.71. The molecule has 0 aliphatic carbocycles. The SMILES string of the molecule is CC(C#CC(C)(C)OOC(C)(C)C)OOC(C)(C)C. The highest BCUT2D eigenvalue weighted by Gasteiger charge is 2.22. The first-order valence-electron chi connectivity index (χ1n) is 6.55. The fourth-order valence-electron chi connectivity index (χ4n) is 0.766. The summed E-state index contributed by atoms with van der Waals surface area (Å²) in [5.74, 6) is 5.89. The smallest absolute Gasteiger partial charge is 0.158 e. The van der Waals surface area contributed by atoms with Crippen LogP contribution in [-0.2, 0) is 19.6 Å². The van der Waals surface area contributed by atoms with Crippen LogP contribution in [0.25, 0.3) is 0 Å². The lowest BCUT2D eigenvalue weighted by molar-refractivity contribution is -0.384. The molecule has 0 amide bonds. The summed E-state index contributed by atoms with van der Waals surface area (Å²) in [7, 11) is 0. The third-order valence-corrected chi connectivity index (χ3v) is 1.52. The van der Waals surface area contributed by atoms with Crippen molar-refractivity contribution in [2.45, 2.75) is 85.2 Å². The topological polar surface area (TPSA) is 36.9 Å². The van der Waals surface area contributed by atoms with Crippen LogP contribution in [0.3, 0.4) is 0 Å². The fourth-order valence-corrected chi connectivity index (χ4v) is 0.766. The van der Waals surface area contributed by atoms with Crippen molar-refractivity contribution in [3.8, 4) is 11.8 Å². The summed E-state index contributed by atoms with van der Waals surface area (Å²) in [5.41, 5.74) is -1.42. The third-order valence-electron chi connectivity index (χ3n) is 1.52. The molecule has 0 rings (SSSR count). The molecule has 0 N–H and O–H groups in total. The summed E-state index contributed by atoms with van der Waals surface area (Å²) >= 11 is 0. The lowest BCUT2D eigenvalue weighted by atomic mass is 10.1. The van der Waals surface area contributed by atoms with Gasteiger partial charge in [-0.05, 0) is 62.3 Å². The van der Waals surface area contributed by atoms with Gasteiger partial charge in [0.05, 0.1) is 11.2 Å². The molecule has 0 aromatic rings. The Kier molecular flexibility index (Phi) is 6.50. The Balaban J connectivity index is 4.30. The first-order chi connectivity index (χ1) is 8.31. The Morgan fingerprint density at radius 2 is 1.21 bits per heavy atom. The molecule has 4 heteroatoms. The average Bonchev–Trinajstić information content (AvgIpc) is 2.19. The molecule has 0 bridgehead atoms. The number of hydrogen-bond acceptors (Lipinski definition) is 4. The van der Waals surface area contributed by atoms with Crippen LogP contribution in [0.15, 0.2) is 0 Å². The molecule has 0 aliphatic heterocycles. The molecule has 112 valence electrons. The highest BCUT2D eigenvalue weighted by atomic mass is 17.2. The summed E-state index contributed by atoms with van der Waals surface area (Å²) in [4.78, 5) is 21.0. The van der Waals surface area contributed by atoms with Crippen molar-refractivity contribution in [1.29, 1.82) is 0 Å². The van der Waals surface area contributed by atoms with E-state index in [9.17, 15) is 0 Å². The van der Waals surface area contributed by atoms with Crippen LogP contribution in [0.2, 0.25) is 0 Å². The van der Waals surface area contributed by atoms with E-state index in [1.807, 2.05) is 62.3 Å². The number of rotatable bonds is 4. The van der Waals surface area contributed by atoms with Crippen molar-refractivity contribution in [3.63, 3.8) is 0 Å². The van der Waals surface area contributed by atoms with Gasteiger partial charge in [0.25, 0.3) is 0 Å². The van der Waals surface area contributed by atoms with Gasteiger partial charge in [-0.3, -0.25) is 0 Å². The Morgan fingerprint density at radius 1 is 0.737 bits per heavy atom. The predicted octanol–water partition coefficient (Wildman–Crippen LogP) is 3.65. The molecule has 0 aliphatic rings. The van der Waals surface area contributed by atoms with Gasteiger partial charge in [0.1, 0.15) is 0 Å². The molecule has 0 radical (unpaired) electrons. The largest absolute Gasteiger partial charge is 0.230 e. The van der Waals surface area contributed by atoms with E-state index < -0.39 is 5.60 Å². The Bertz CT molecular complexity index is 323. The van der Waals surface area contributed by atoms with E-state index in [-0.39, 0.29) is 17.3 Å². The first kappa shape index (κ1) is 18.4. The van der Waals surface area contributed by atoms with Crippen LogP contribution >= 0.6 is 0 Å².